The van der Waals surface area contributed by atoms with Gasteiger partial charge in [-0.2, -0.15) is 0 Å². The number of nitrogens with one attached hydrogen (secondary N) is 1. The maximum Gasteiger partial charge on any atom is 0.129 e. The molecule has 0 bridgehead atoms. The lowest BCUT2D eigenvalue weighted by atomic mass is 9.77. The van der Waals surface area contributed by atoms with Crippen molar-refractivity contribution in [2.75, 3.05) is 11.9 Å². The molecule has 1 saturated carbocycles. The van der Waals surface area contributed by atoms with E-state index in [0.29, 0.717) is 6.54 Å². The van der Waals surface area contributed by atoms with Gasteiger partial charge in [0.25, 0.3) is 0 Å². The summed E-state index contributed by atoms with van der Waals surface area (Å²) in [6.07, 6.45) is 6.62. The lowest BCUT2D eigenvalue weighted by Crippen LogP contribution is -2.48. The first kappa shape index (κ1) is 13.8. The molecule has 3 N–H and O–H groups in total. The van der Waals surface area contributed by atoms with Crippen LogP contribution in [0.25, 0.3) is 0 Å². The molecule has 1 heterocycles. The Morgan fingerprint density at radius 1 is 1.50 bits per heavy atom. The molecule has 1 aliphatic rings. The van der Waals surface area contributed by atoms with Crippen LogP contribution in [0.4, 0.5) is 5.82 Å². The van der Waals surface area contributed by atoms with Crippen molar-refractivity contribution in [2.24, 2.45) is 11.7 Å². The SMILES string of the molecule is Cc1cc(Br)cnc1NC1(CN)CCC(C)CC1. The second-order valence-corrected chi connectivity index (χ2v) is 6.53. The minimum atomic E-state index is 0.0398. The van der Waals surface area contributed by atoms with Crippen molar-refractivity contribution in [1.82, 2.24) is 4.98 Å². The van der Waals surface area contributed by atoms with Crippen LogP contribution in [0.1, 0.15) is 38.2 Å². The third kappa shape index (κ3) is 3.04. The van der Waals surface area contributed by atoms with Crippen LogP contribution >= 0.6 is 15.9 Å². The van der Waals surface area contributed by atoms with Crippen LogP contribution in [0.2, 0.25) is 0 Å². The Balaban J connectivity index is 2.15. The van der Waals surface area contributed by atoms with Gasteiger partial charge in [0.05, 0.1) is 5.54 Å². The Kier molecular flexibility index (Phi) is 4.28. The van der Waals surface area contributed by atoms with E-state index in [1.54, 1.807) is 0 Å². The van der Waals surface area contributed by atoms with Crippen molar-refractivity contribution in [3.8, 4) is 0 Å². The number of nitrogens with two attached hydrogens (primary N) is 1. The van der Waals surface area contributed by atoms with Gasteiger partial charge in [0.2, 0.25) is 0 Å². The van der Waals surface area contributed by atoms with Crippen LogP contribution < -0.4 is 11.1 Å². The average molecular weight is 312 g/mol. The van der Waals surface area contributed by atoms with E-state index >= 15 is 0 Å². The van der Waals surface area contributed by atoms with Gasteiger partial charge in [-0.05, 0) is 66.1 Å². The third-order valence-electron chi connectivity index (χ3n) is 4.05. The summed E-state index contributed by atoms with van der Waals surface area (Å²) < 4.78 is 1.02. The zero-order valence-electron chi connectivity index (χ0n) is 11.2. The van der Waals surface area contributed by atoms with E-state index in [4.69, 9.17) is 5.73 Å². The van der Waals surface area contributed by atoms with Crippen molar-refractivity contribution >= 4 is 21.7 Å². The Bertz CT molecular complexity index is 412. The van der Waals surface area contributed by atoms with E-state index in [-0.39, 0.29) is 5.54 Å². The molecule has 4 heteroatoms. The number of halogens is 1. The molecule has 0 saturated heterocycles. The van der Waals surface area contributed by atoms with E-state index in [9.17, 15) is 0 Å². The van der Waals surface area contributed by atoms with Crippen LogP contribution in [0.5, 0.6) is 0 Å². The number of nitrogens with zero attached hydrogens (tertiary/aromatic N) is 1. The highest BCUT2D eigenvalue weighted by Crippen LogP contribution is 2.34. The molecule has 18 heavy (non-hydrogen) atoms. The molecular weight excluding hydrogens is 290 g/mol. The normalized spacial score (nSPS) is 28.1. The Hall–Kier alpha value is -0.610. The van der Waals surface area contributed by atoms with Crippen molar-refractivity contribution in [1.29, 1.82) is 0 Å². The molecule has 100 valence electrons. The third-order valence-corrected chi connectivity index (χ3v) is 4.48. The summed E-state index contributed by atoms with van der Waals surface area (Å²) in [6.45, 7) is 5.08. The standard InChI is InChI=1S/C14H22BrN3/c1-10-3-5-14(9-16,6-4-10)18-13-11(2)7-12(15)8-17-13/h7-8,10H,3-6,9,16H2,1-2H3,(H,17,18). The predicted molar refractivity (Wildman–Crippen MR) is 79.7 cm³/mol. The number of pyridine rings is 1. The molecule has 0 unspecified atom stereocenters. The number of aromatic nitrogens is 1. The summed E-state index contributed by atoms with van der Waals surface area (Å²) >= 11 is 3.44. The molecule has 0 spiro atoms. The van der Waals surface area contributed by atoms with Gasteiger partial charge in [0, 0.05) is 17.2 Å². The van der Waals surface area contributed by atoms with Crippen LogP contribution in [0.15, 0.2) is 16.7 Å². The van der Waals surface area contributed by atoms with Crippen LogP contribution in [0.3, 0.4) is 0 Å². The largest absolute Gasteiger partial charge is 0.363 e. The molecule has 3 nitrogen and oxygen atoms in total. The summed E-state index contributed by atoms with van der Waals surface area (Å²) in [5.41, 5.74) is 7.21. The van der Waals surface area contributed by atoms with Gasteiger partial charge in [-0.15, -0.1) is 0 Å². The quantitative estimate of drug-likeness (QED) is 0.898. The van der Waals surface area contributed by atoms with Crippen molar-refractivity contribution in [2.45, 2.75) is 45.1 Å². The van der Waals surface area contributed by atoms with Gasteiger partial charge in [0.1, 0.15) is 5.82 Å². The van der Waals surface area contributed by atoms with Gasteiger partial charge < -0.3 is 11.1 Å². The Morgan fingerprint density at radius 2 is 2.17 bits per heavy atom. The van der Waals surface area contributed by atoms with Crippen LogP contribution in [-0.2, 0) is 0 Å². The summed E-state index contributed by atoms with van der Waals surface area (Å²) in [5, 5.41) is 3.60. The number of anilines is 1. The molecule has 0 radical (unpaired) electrons. The smallest absolute Gasteiger partial charge is 0.129 e. The molecule has 1 fully saturated rings. The second kappa shape index (κ2) is 5.57. The topological polar surface area (TPSA) is 50.9 Å². The molecule has 1 aromatic rings. The lowest BCUT2D eigenvalue weighted by molar-refractivity contribution is 0.271. The zero-order valence-corrected chi connectivity index (χ0v) is 12.8. The highest BCUT2D eigenvalue weighted by atomic mass is 79.9. The van der Waals surface area contributed by atoms with E-state index in [0.717, 1.165) is 34.6 Å². The molecule has 0 atom stereocenters. The van der Waals surface area contributed by atoms with Gasteiger partial charge in [-0.3, -0.25) is 0 Å². The predicted octanol–water partition coefficient (Wildman–Crippen LogP) is 3.47. The van der Waals surface area contributed by atoms with E-state index in [1.807, 2.05) is 6.20 Å². The maximum atomic E-state index is 6.01. The minimum Gasteiger partial charge on any atom is -0.363 e. The fourth-order valence-electron chi connectivity index (χ4n) is 2.62. The number of hydrogen-bond donors (Lipinski definition) is 2. The summed E-state index contributed by atoms with van der Waals surface area (Å²) in [5.74, 6) is 1.80. The summed E-state index contributed by atoms with van der Waals surface area (Å²) in [6, 6.07) is 2.09. The molecule has 0 amide bonds. The van der Waals surface area contributed by atoms with Crippen molar-refractivity contribution in [3.63, 3.8) is 0 Å². The second-order valence-electron chi connectivity index (χ2n) is 5.61. The molecule has 1 aromatic heterocycles. The Morgan fingerprint density at radius 3 is 2.72 bits per heavy atom. The minimum absolute atomic E-state index is 0.0398. The first-order chi connectivity index (χ1) is 8.54. The monoisotopic (exact) mass is 311 g/mol. The lowest BCUT2D eigenvalue weighted by Gasteiger charge is -2.40. The number of aryl methyl sites for hydroxylation is 1. The highest BCUT2D eigenvalue weighted by Gasteiger charge is 2.33. The van der Waals surface area contributed by atoms with Crippen LogP contribution in [0, 0.1) is 12.8 Å². The first-order valence-electron chi connectivity index (χ1n) is 6.65. The number of hydrogen-bond acceptors (Lipinski definition) is 3. The average Bonchev–Trinajstić information content (AvgIpc) is 2.36. The van der Waals surface area contributed by atoms with Gasteiger partial charge >= 0.3 is 0 Å². The van der Waals surface area contributed by atoms with E-state index < -0.39 is 0 Å². The fraction of sp³-hybridized carbons (Fsp3) is 0.643. The van der Waals surface area contributed by atoms with Gasteiger partial charge in [0.15, 0.2) is 0 Å². The van der Waals surface area contributed by atoms with Crippen molar-refractivity contribution < 1.29 is 0 Å². The number of rotatable bonds is 3. The van der Waals surface area contributed by atoms with Gasteiger partial charge in [-0.1, -0.05) is 6.92 Å². The van der Waals surface area contributed by atoms with Crippen molar-refractivity contribution in [3.05, 3.63) is 22.3 Å². The zero-order chi connectivity index (χ0) is 13.2. The molecule has 2 rings (SSSR count). The molecular formula is C14H22BrN3. The summed E-state index contributed by atoms with van der Waals surface area (Å²) in [7, 11) is 0. The Labute approximate surface area is 118 Å². The fourth-order valence-corrected chi connectivity index (χ4v) is 3.06. The van der Waals surface area contributed by atoms with E-state index in [2.05, 4.69) is 46.1 Å². The first-order valence-corrected chi connectivity index (χ1v) is 7.44. The molecule has 0 aromatic carbocycles. The maximum absolute atomic E-state index is 6.01. The molecule has 1 aliphatic carbocycles. The molecule has 0 aliphatic heterocycles. The van der Waals surface area contributed by atoms with Crippen LogP contribution in [-0.4, -0.2) is 17.1 Å². The highest BCUT2D eigenvalue weighted by molar-refractivity contribution is 9.10. The van der Waals surface area contributed by atoms with Gasteiger partial charge in [-0.25, -0.2) is 4.98 Å². The van der Waals surface area contributed by atoms with E-state index in [1.165, 1.54) is 12.8 Å². The summed E-state index contributed by atoms with van der Waals surface area (Å²) in [4.78, 5) is 4.47.